The Morgan fingerprint density at radius 1 is 1.16 bits per heavy atom. The predicted molar refractivity (Wildman–Crippen MR) is 110 cm³/mol. The molecular weight excluding hydrogens is 401 g/mol. The van der Waals surface area contributed by atoms with Gasteiger partial charge in [-0.05, 0) is 30.3 Å². The fourth-order valence-corrected chi connectivity index (χ4v) is 3.05. The largest absolute Gasteiger partial charge is 0.494 e. The number of halogens is 1. The summed E-state index contributed by atoms with van der Waals surface area (Å²) in [5, 5.41) is 20.7. The third-order valence-corrected chi connectivity index (χ3v) is 4.56. The molecule has 0 aliphatic heterocycles. The lowest BCUT2D eigenvalue weighted by molar-refractivity contribution is -0.137. The lowest BCUT2D eigenvalue weighted by atomic mass is 10.0. The first-order valence-electron chi connectivity index (χ1n) is 9.25. The van der Waals surface area contributed by atoms with Crippen LogP contribution in [0.15, 0.2) is 60.7 Å². The van der Waals surface area contributed by atoms with Crippen molar-refractivity contribution in [2.45, 2.75) is 12.5 Å². The number of ether oxygens (including phenoxy) is 1. The van der Waals surface area contributed by atoms with Crippen molar-refractivity contribution in [3.63, 3.8) is 0 Å². The molecule has 7 nitrogen and oxygen atoms in total. The Balaban J connectivity index is 1.93. The fraction of sp³-hybridized carbons (Fsp3) is 0.130. The van der Waals surface area contributed by atoms with E-state index in [-0.39, 0.29) is 11.3 Å². The summed E-state index contributed by atoms with van der Waals surface area (Å²) in [4.78, 5) is 28.4. The number of hydrogen-bond acceptors (Lipinski definition) is 5. The van der Waals surface area contributed by atoms with Crippen molar-refractivity contribution >= 4 is 11.9 Å². The third-order valence-electron chi connectivity index (χ3n) is 4.56. The molecule has 0 saturated carbocycles. The van der Waals surface area contributed by atoms with Crippen LogP contribution in [0.3, 0.4) is 0 Å². The van der Waals surface area contributed by atoms with Crippen molar-refractivity contribution in [1.29, 1.82) is 5.26 Å². The molecule has 0 unspecified atom stereocenters. The zero-order chi connectivity index (χ0) is 22.4. The van der Waals surface area contributed by atoms with Gasteiger partial charge in [0.25, 0.3) is 5.91 Å². The normalized spacial score (nSPS) is 11.3. The molecule has 0 bridgehead atoms. The summed E-state index contributed by atoms with van der Waals surface area (Å²) in [5.41, 5.74) is 1.55. The topological polar surface area (TPSA) is 112 Å². The highest BCUT2D eigenvalue weighted by Crippen LogP contribution is 2.29. The van der Waals surface area contributed by atoms with Gasteiger partial charge in [0.1, 0.15) is 23.0 Å². The van der Waals surface area contributed by atoms with Gasteiger partial charge in [-0.2, -0.15) is 5.26 Å². The van der Waals surface area contributed by atoms with E-state index in [2.05, 4.69) is 10.3 Å². The summed E-state index contributed by atoms with van der Waals surface area (Å²) < 4.78 is 19.5. The highest BCUT2D eigenvalue weighted by molar-refractivity contribution is 5.93. The standard InChI is InChI=1S/C23H18FN3O4/c1-31-20-11-10-18(26-22(20)15-8-6-14(13-25)7-9-15)23(30)27-19(12-21(28)29)16-4-2-3-5-17(16)24/h2-11,19H,12H2,1H3,(H,27,30)(H,28,29)/t19-/m0/s1. The molecule has 156 valence electrons. The highest BCUT2D eigenvalue weighted by atomic mass is 19.1. The summed E-state index contributed by atoms with van der Waals surface area (Å²) in [6.45, 7) is 0. The second kappa shape index (κ2) is 9.50. The number of benzene rings is 2. The number of nitrogens with one attached hydrogen (secondary N) is 1. The SMILES string of the molecule is COc1ccc(C(=O)N[C@@H](CC(=O)O)c2ccccc2F)nc1-c1ccc(C#N)cc1. The molecule has 1 aromatic heterocycles. The first-order chi connectivity index (χ1) is 14.9. The Bertz CT molecular complexity index is 1160. The molecule has 2 N–H and O–H groups in total. The molecule has 0 aliphatic rings. The molecule has 1 atom stereocenters. The summed E-state index contributed by atoms with van der Waals surface area (Å²) >= 11 is 0. The van der Waals surface area contributed by atoms with Crippen LogP contribution in [0.25, 0.3) is 11.3 Å². The number of methoxy groups -OCH3 is 1. The quantitative estimate of drug-likeness (QED) is 0.604. The molecule has 1 heterocycles. The van der Waals surface area contributed by atoms with Crippen LogP contribution in [0, 0.1) is 17.1 Å². The first-order valence-corrected chi connectivity index (χ1v) is 9.25. The van der Waals surface area contributed by atoms with Gasteiger partial charge in [0, 0.05) is 11.1 Å². The molecule has 8 heteroatoms. The fourth-order valence-electron chi connectivity index (χ4n) is 3.05. The minimum atomic E-state index is -1.19. The molecule has 0 saturated heterocycles. The Labute approximate surface area is 177 Å². The maximum atomic E-state index is 14.2. The number of carbonyl (C=O) groups excluding carboxylic acids is 1. The number of nitriles is 1. The van der Waals surface area contributed by atoms with E-state index in [9.17, 15) is 19.1 Å². The maximum absolute atomic E-state index is 14.2. The minimum absolute atomic E-state index is 0.00638. The van der Waals surface area contributed by atoms with Gasteiger partial charge in [-0.1, -0.05) is 30.3 Å². The zero-order valence-corrected chi connectivity index (χ0v) is 16.5. The van der Waals surface area contributed by atoms with Gasteiger partial charge in [-0.3, -0.25) is 9.59 Å². The van der Waals surface area contributed by atoms with Gasteiger partial charge in [0.15, 0.2) is 0 Å². The van der Waals surface area contributed by atoms with Crippen LogP contribution in [0.1, 0.15) is 34.1 Å². The van der Waals surface area contributed by atoms with Crippen LogP contribution in [-0.4, -0.2) is 29.1 Å². The van der Waals surface area contributed by atoms with E-state index in [0.29, 0.717) is 22.6 Å². The zero-order valence-electron chi connectivity index (χ0n) is 16.5. The monoisotopic (exact) mass is 419 g/mol. The van der Waals surface area contributed by atoms with Crippen molar-refractivity contribution in [2.24, 2.45) is 0 Å². The number of aromatic nitrogens is 1. The van der Waals surface area contributed by atoms with Crippen molar-refractivity contribution in [3.8, 4) is 23.1 Å². The van der Waals surface area contributed by atoms with E-state index in [1.54, 1.807) is 36.4 Å². The Hall–Kier alpha value is -4.25. The van der Waals surface area contributed by atoms with Crippen LogP contribution < -0.4 is 10.1 Å². The van der Waals surface area contributed by atoms with Crippen LogP contribution in [0.5, 0.6) is 5.75 Å². The molecule has 31 heavy (non-hydrogen) atoms. The van der Waals surface area contributed by atoms with Crippen molar-refractivity contribution < 1.29 is 23.8 Å². The predicted octanol–water partition coefficient (Wildman–Crippen LogP) is 3.71. The van der Waals surface area contributed by atoms with Crippen LogP contribution in [0.2, 0.25) is 0 Å². The number of carbonyl (C=O) groups is 2. The molecule has 2 aromatic carbocycles. The molecule has 1 amide bonds. The Morgan fingerprint density at radius 3 is 2.48 bits per heavy atom. The lowest BCUT2D eigenvalue weighted by Gasteiger charge is -2.18. The molecule has 0 fully saturated rings. The number of pyridine rings is 1. The Kier molecular flexibility index (Phi) is 6.58. The Morgan fingerprint density at radius 2 is 1.87 bits per heavy atom. The number of hydrogen-bond donors (Lipinski definition) is 2. The molecule has 3 aromatic rings. The van der Waals surface area contributed by atoms with E-state index in [1.807, 2.05) is 6.07 Å². The van der Waals surface area contributed by atoms with Crippen LogP contribution in [0.4, 0.5) is 4.39 Å². The first kappa shape index (κ1) is 21.5. The average Bonchev–Trinajstić information content (AvgIpc) is 2.78. The van der Waals surface area contributed by atoms with Gasteiger partial charge in [-0.15, -0.1) is 0 Å². The minimum Gasteiger partial charge on any atom is -0.494 e. The third kappa shape index (κ3) is 5.03. The molecule has 0 aliphatic carbocycles. The van der Waals surface area contributed by atoms with E-state index in [1.165, 1.54) is 31.4 Å². The highest BCUT2D eigenvalue weighted by Gasteiger charge is 2.23. The van der Waals surface area contributed by atoms with Crippen molar-refractivity contribution in [2.75, 3.05) is 7.11 Å². The van der Waals surface area contributed by atoms with Gasteiger partial charge in [0.2, 0.25) is 0 Å². The van der Waals surface area contributed by atoms with Gasteiger partial charge in [-0.25, -0.2) is 9.37 Å². The second-order valence-electron chi connectivity index (χ2n) is 6.58. The number of aliphatic carboxylic acids is 1. The number of rotatable bonds is 7. The van der Waals surface area contributed by atoms with Crippen LogP contribution in [-0.2, 0) is 4.79 Å². The van der Waals surface area contributed by atoms with Crippen molar-refractivity contribution in [1.82, 2.24) is 10.3 Å². The number of amides is 1. The molecule has 0 spiro atoms. The average molecular weight is 419 g/mol. The van der Waals surface area contributed by atoms with Crippen LogP contribution >= 0.6 is 0 Å². The lowest BCUT2D eigenvalue weighted by Crippen LogP contribution is -2.31. The number of carboxylic acid groups (broad SMARTS) is 1. The van der Waals surface area contributed by atoms with E-state index in [4.69, 9.17) is 10.00 Å². The number of nitrogens with zero attached hydrogens (tertiary/aromatic N) is 2. The van der Waals surface area contributed by atoms with E-state index in [0.717, 1.165) is 0 Å². The molecular formula is C23H18FN3O4. The van der Waals surface area contributed by atoms with E-state index < -0.39 is 30.2 Å². The molecule has 0 radical (unpaired) electrons. The van der Waals surface area contributed by atoms with Crippen molar-refractivity contribution in [3.05, 3.63) is 83.3 Å². The van der Waals surface area contributed by atoms with Gasteiger partial charge in [0.05, 0.1) is 31.2 Å². The van der Waals surface area contributed by atoms with Gasteiger partial charge >= 0.3 is 5.97 Å². The second-order valence-corrected chi connectivity index (χ2v) is 6.58. The molecule has 3 rings (SSSR count). The summed E-state index contributed by atoms with van der Waals surface area (Å²) in [5.74, 6) is -2.05. The summed E-state index contributed by atoms with van der Waals surface area (Å²) in [6, 6.07) is 16.2. The smallest absolute Gasteiger partial charge is 0.305 e. The maximum Gasteiger partial charge on any atom is 0.305 e. The van der Waals surface area contributed by atoms with Gasteiger partial charge < -0.3 is 15.2 Å². The number of carboxylic acids is 1. The summed E-state index contributed by atoms with van der Waals surface area (Å²) in [6.07, 6.45) is -0.495. The van der Waals surface area contributed by atoms with E-state index >= 15 is 0 Å². The summed E-state index contributed by atoms with van der Waals surface area (Å²) in [7, 11) is 1.46.